The fourth-order valence-electron chi connectivity index (χ4n) is 1.55. The molecular formula is C10H14N4. The number of rotatable bonds is 2. The van der Waals surface area contributed by atoms with Crippen molar-refractivity contribution in [3.63, 3.8) is 0 Å². The van der Waals surface area contributed by atoms with Crippen molar-refractivity contribution in [3.8, 4) is 0 Å². The molecule has 0 atom stereocenters. The van der Waals surface area contributed by atoms with Crippen LogP contribution in [0.5, 0.6) is 0 Å². The lowest BCUT2D eigenvalue weighted by Gasteiger charge is -2.07. The summed E-state index contributed by atoms with van der Waals surface area (Å²) < 4.78 is 4.03. The first-order valence-corrected chi connectivity index (χ1v) is 4.64. The Morgan fingerprint density at radius 3 is 2.36 bits per heavy atom. The van der Waals surface area contributed by atoms with Gasteiger partial charge in [-0.1, -0.05) is 0 Å². The van der Waals surface area contributed by atoms with Crippen LogP contribution in [0, 0.1) is 13.8 Å². The number of aromatic nitrogens is 4. The second-order valence-corrected chi connectivity index (χ2v) is 3.50. The van der Waals surface area contributed by atoms with Crippen LogP contribution in [-0.4, -0.2) is 19.3 Å². The van der Waals surface area contributed by atoms with Gasteiger partial charge >= 0.3 is 0 Å². The second-order valence-electron chi connectivity index (χ2n) is 3.50. The molecule has 0 aliphatic rings. The highest BCUT2D eigenvalue weighted by atomic mass is 15.3. The van der Waals surface area contributed by atoms with Gasteiger partial charge in [-0.15, -0.1) is 0 Å². The molecule has 2 heterocycles. The van der Waals surface area contributed by atoms with E-state index in [9.17, 15) is 0 Å². The lowest BCUT2D eigenvalue weighted by atomic mass is 10.4. The highest BCUT2D eigenvalue weighted by Crippen LogP contribution is 2.08. The molecule has 0 N–H and O–H groups in total. The molecule has 0 aliphatic carbocycles. The molecule has 2 aromatic heterocycles. The third-order valence-corrected chi connectivity index (χ3v) is 2.52. The molecule has 0 fully saturated rings. The number of aryl methyl sites for hydroxylation is 3. The molecule has 4 nitrogen and oxygen atoms in total. The minimum absolute atomic E-state index is 0.793. The van der Waals surface area contributed by atoms with Crippen LogP contribution in [0.3, 0.4) is 0 Å². The van der Waals surface area contributed by atoms with Crippen LogP contribution in [-0.2, 0) is 13.6 Å². The second kappa shape index (κ2) is 3.29. The Balaban J connectivity index is 2.31. The standard InChI is InChI=1S/C10H14N4/c1-8-4-5-9(2)14(8)6-10-11-7-12-13(10)3/h4-5,7H,6H2,1-3H3. The first-order chi connectivity index (χ1) is 6.68. The molecule has 0 bridgehead atoms. The average molecular weight is 190 g/mol. The molecule has 0 unspecified atom stereocenters. The molecule has 4 heteroatoms. The SMILES string of the molecule is Cc1ccc(C)n1Cc1ncnn1C. The molecule has 0 amide bonds. The van der Waals surface area contributed by atoms with Gasteiger partial charge in [0.15, 0.2) is 0 Å². The van der Waals surface area contributed by atoms with Gasteiger partial charge in [0.1, 0.15) is 12.2 Å². The van der Waals surface area contributed by atoms with E-state index in [0.717, 1.165) is 12.4 Å². The van der Waals surface area contributed by atoms with E-state index in [4.69, 9.17) is 0 Å². The Morgan fingerprint density at radius 2 is 1.86 bits per heavy atom. The van der Waals surface area contributed by atoms with E-state index in [1.165, 1.54) is 11.4 Å². The normalized spacial score (nSPS) is 10.8. The Bertz CT molecular complexity index is 419. The molecule has 0 saturated carbocycles. The minimum Gasteiger partial charge on any atom is -0.342 e. The first-order valence-electron chi connectivity index (χ1n) is 4.64. The fourth-order valence-corrected chi connectivity index (χ4v) is 1.55. The van der Waals surface area contributed by atoms with Crippen molar-refractivity contribution in [2.45, 2.75) is 20.4 Å². The van der Waals surface area contributed by atoms with Crippen LogP contribution >= 0.6 is 0 Å². The molecule has 0 spiro atoms. The van der Waals surface area contributed by atoms with Crippen LogP contribution in [0.1, 0.15) is 17.2 Å². The molecule has 2 rings (SSSR count). The molecule has 0 aromatic carbocycles. The molecule has 2 aromatic rings. The molecule has 0 aliphatic heterocycles. The van der Waals surface area contributed by atoms with Crippen molar-refractivity contribution >= 4 is 0 Å². The average Bonchev–Trinajstić information content (AvgIpc) is 2.67. The highest BCUT2D eigenvalue weighted by molar-refractivity contribution is 5.14. The van der Waals surface area contributed by atoms with E-state index in [-0.39, 0.29) is 0 Å². The van der Waals surface area contributed by atoms with Gasteiger partial charge in [0.2, 0.25) is 0 Å². The number of nitrogens with zero attached hydrogens (tertiary/aromatic N) is 4. The molecular weight excluding hydrogens is 176 g/mol. The zero-order valence-corrected chi connectivity index (χ0v) is 8.73. The van der Waals surface area contributed by atoms with Crippen molar-refractivity contribution in [1.82, 2.24) is 19.3 Å². The summed E-state index contributed by atoms with van der Waals surface area (Å²) in [5, 5.41) is 4.05. The first kappa shape index (κ1) is 8.99. The van der Waals surface area contributed by atoms with Gasteiger partial charge in [0.25, 0.3) is 0 Å². The third-order valence-electron chi connectivity index (χ3n) is 2.52. The summed E-state index contributed by atoms with van der Waals surface area (Å²) in [5.41, 5.74) is 2.51. The Hall–Kier alpha value is -1.58. The highest BCUT2D eigenvalue weighted by Gasteiger charge is 2.05. The number of hydrogen-bond acceptors (Lipinski definition) is 2. The van der Waals surface area contributed by atoms with Gasteiger partial charge in [-0.3, -0.25) is 4.68 Å². The lowest BCUT2D eigenvalue weighted by molar-refractivity contribution is 0.638. The predicted molar refractivity (Wildman–Crippen MR) is 54.0 cm³/mol. The summed E-state index contributed by atoms with van der Waals surface area (Å²) >= 11 is 0. The summed E-state index contributed by atoms with van der Waals surface area (Å²) in [7, 11) is 1.91. The van der Waals surface area contributed by atoms with Crippen molar-refractivity contribution < 1.29 is 0 Å². The molecule has 0 radical (unpaired) electrons. The molecule has 14 heavy (non-hydrogen) atoms. The van der Waals surface area contributed by atoms with Crippen LogP contribution < -0.4 is 0 Å². The summed E-state index contributed by atoms with van der Waals surface area (Å²) in [6, 6.07) is 4.23. The summed E-state index contributed by atoms with van der Waals surface area (Å²) in [5.74, 6) is 0.979. The third kappa shape index (κ3) is 1.43. The van der Waals surface area contributed by atoms with Gasteiger partial charge < -0.3 is 4.57 Å². The Kier molecular flexibility index (Phi) is 2.11. The number of hydrogen-bond donors (Lipinski definition) is 0. The predicted octanol–water partition coefficient (Wildman–Crippen LogP) is 1.28. The zero-order valence-electron chi connectivity index (χ0n) is 8.73. The Labute approximate surface area is 83.2 Å². The zero-order chi connectivity index (χ0) is 10.1. The fraction of sp³-hybridized carbons (Fsp3) is 0.400. The topological polar surface area (TPSA) is 35.6 Å². The quantitative estimate of drug-likeness (QED) is 0.715. The van der Waals surface area contributed by atoms with Crippen LogP contribution in [0.25, 0.3) is 0 Å². The van der Waals surface area contributed by atoms with E-state index in [2.05, 4.69) is 40.6 Å². The summed E-state index contributed by atoms with van der Waals surface area (Å²) in [6.45, 7) is 4.99. The largest absolute Gasteiger partial charge is 0.342 e. The van der Waals surface area contributed by atoms with Gasteiger partial charge in [-0.25, -0.2) is 4.98 Å². The maximum atomic E-state index is 4.20. The van der Waals surface area contributed by atoms with Crippen molar-refractivity contribution in [1.29, 1.82) is 0 Å². The van der Waals surface area contributed by atoms with Crippen molar-refractivity contribution in [3.05, 3.63) is 35.7 Å². The maximum absolute atomic E-state index is 4.20. The Morgan fingerprint density at radius 1 is 1.21 bits per heavy atom. The van der Waals surface area contributed by atoms with Crippen molar-refractivity contribution in [2.75, 3.05) is 0 Å². The van der Waals surface area contributed by atoms with Crippen LogP contribution in [0.15, 0.2) is 18.5 Å². The van der Waals surface area contributed by atoms with Gasteiger partial charge in [-0.05, 0) is 26.0 Å². The summed E-state index contributed by atoms with van der Waals surface area (Å²) in [4.78, 5) is 4.20. The molecule has 0 saturated heterocycles. The van der Waals surface area contributed by atoms with Gasteiger partial charge in [0, 0.05) is 18.4 Å². The lowest BCUT2D eigenvalue weighted by Crippen LogP contribution is -2.09. The van der Waals surface area contributed by atoms with E-state index < -0.39 is 0 Å². The van der Waals surface area contributed by atoms with Crippen LogP contribution in [0.4, 0.5) is 0 Å². The van der Waals surface area contributed by atoms with E-state index in [1.54, 1.807) is 11.0 Å². The van der Waals surface area contributed by atoms with Gasteiger partial charge in [-0.2, -0.15) is 5.10 Å². The van der Waals surface area contributed by atoms with Gasteiger partial charge in [0.05, 0.1) is 6.54 Å². The van der Waals surface area contributed by atoms with E-state index >= 15 is 0 Å². The summed E-state index contributed by atoms with van der Waals surface area (Å²) in [6.07, 6.45) is 1.59. The van der Waals surface area contributed by atoms with E-state index in [0.29, 0.717) is 0 Å². The molecule has 74 valence electrons. The van der Waals surface area contributed by atoms with Crippen LogP contribution in [0.2, 0.25) is 0 Å². The van der Waals surface area contributed by atoms with E-state index in [1.807, 2.05) is 7.05 Å². The van der Waals surface area contributed by atoms with Crippen molar-refractivity contribution in [2.24, 2.45) is 7.05 Å². The smallest absolute Gasteiger partial charge is 0.146 e. The monoisotopic (exact) mass is 190 g/mol. The maximum Gasteiger partial charge on any atom is 0.146 e. The minimum atomic E-state index is 0.793.